The molecule has 0 fully saturated rings. The fourth-order valence-electron chi connectivity index (χ4n) is 2.25. The Bertz CT molecular complexity index is 586. The van der Waals surface area contributed by atoms with Crippen LogP contribution in [0.2, 0.25) is 5.02 Å². The Morgan fingerprint density at radius 3 is 2.50 bits per heavy atom. The van der Waals surface area contributed by atoms with Gasteiger partial charge >= 0.3 is 0 Å². The number of nitrogens with two attached hydrogens (primary N) is 1. The molecule has 0 heterocycles. The third-order valence-corrected chi connectivity index (χ3v) is 3.68. The molecule has 3 N–H and O–H groups in total. The van der Waals surface area contributed by atoms with E-state index in [4.69, 9.17) is 17.4 Å². The number of benzene rings is 2. The molecule has 4 heteroatoms. The summed E-state index contributed by atoms with van der Waals surface area (Å²) in [7, 11) is 0. The zero-order valence-corrected chi connectivity index (χ0v) is 12.1. The second-order valence-electron chi connectivity index (χ2n) is 4.93. The van der Waals surface area contributed by atoms with Crippen molar-refractivity contribution in [3.63, 3.8) is 0 Å². The van der Waals surface area contributed by atoms with E-state index in [-0.39, 0.29) is 11.9 Å². The first-order chi connectivity index (χ1) is 9.60. The van der Waals surface area contributed by atoms with Gasteiger partial charge in [-0.05, 0) is 48.6 Å². The Hall–Kier alpha value is -1.42. The standard InChI is InChI=1S/C16H18ClFN2/c1-11-4-2-3-5-12(11)8-15(20-19)9-13-6-7-14(17)10-16(13)18/h2-7,10,15,20H,8-9,19H2,1H3. The first-order valence-corrected chi connectivity index (χ1v) is 6.92. The minimum Gasteiger partial charge on any atom is -0.271 e. The smallest absolute Gasteiger partial charge is 0.127 e. The Balaban J connectivity index is 2.11. The molecule has 0 saturated carbocycles. The Labute approximate surface area is 123 Å². The number of rotatable bonds is 5. The number of hydrazine groups is 1. The highest BCUT2D eigenvalue weighted by atomic mass is 35.5. The van der Waals surface area contributed by atoms with Crippen LogP contribution in [0.15, 0.2) is 42.5 Å². The Morgan fingerprint density at radius 1 is 1.15 bits per heavy atom. The lowest BCUT2D eigenvalue weighted by molar-refractivity contribution is 0.506. The van der Waals surface area contributed by atoms with Crippen LogP contribution in [0.5, 0.6) is 0 Å². The van der Waals surface area contributed by atoms with E-state index in [1.807, 2.05) is 12.1 Å². The largest absolute Gasteiger partial charge is 0.271 e. The van der Waals surface area contributed by atoms with Gasteiger partial charge in [0, 0.05) is 11.1 Å². The first-order valence-electron chi connectivity index (χ1n) is 6.54. The lowest BCUT2D eigenvalue weighted by Crippen LogP contribution is -2.38. The van der Waals surface area contributed by atoms with Gasteiger partial charge in [0.05, 0.1) is 0 Å². The molecular weight excluding hydrogens is 275 g/mol. The van der Waals surface area contributed by atoms with Crippen molar-refractivity contribution in [2.75, 3.05) is 0 Å². The molecule has 106 valence electrons. The molecule has 0 aliphatic carbocycles. The summed E-state index contributed by atoms with van der Waals surface area (Å²) in [5.41, 5.74) is 5.81. The highest BCUT2D eigenvalue weighted by Crippen LogP contribution is 2.18. The monoisotopic (exact) mass is 292 g/mol. The SMILES string of the molecule is Cc1ccccc1CC(Cc1ccc(Cl)cc1F)NN. The molecule has 2 nitrogen and oxygen atoms in total. The van der Waals surface area contributed by atoms with Crippen LogP contribution in [0.4, 0.5) is 4.39 Å². The van der Waals surface area contributed by atoms with Gasteiger partial charge < -0.3 is 0 Å². The van der Waals surface area contributed by atoms with Crippen molar-refractivity contribution in [1.29, 1.82) is 0 Å². The molecule has 20 heavy (non-hydrogen) atoms. The number of nitrogens with one attached hydrogen (secondary N) is 1. The molecule has 0 spiro atoms. The van der Waals surface area contributed by atoms with Crippen molar-refractivity contribution >= 4 is 11.6 Å². The molecule has 0 radical (unpaired) electrons. The van der Waals surface area contributed by atoms with Gasteiger partial charge in [-0.3, -0.25) is 11.3 Å². The normalized spacial score (nSPS) is 12.4. The van der Waals surface area contributed by atoms with Gasteiger partial charge in [0.15, 0.2) is 0 Å². The molecule has 2 aromatic carbocycles. The van der Waals surface area contributed by atoms with E-state index in [0.717, 1.165) is 6.42 Å². The van der Waals surface area contributed by atoms with Crippen molar-refractivity contribution in [2.45, 2.75) is 25.8 Å². The van der Waals surface area contributed by atoms with Gasteiger partial charge in [0.2, 0.25) is 0 Å². The van der Waals surface area contributed by atoms with Gasteiger partial charge in [-0.25, -0.2) is 4.39 Å². The summed E-state index contributed by atoms with van der Waals surface area (Å²) >= 11 is 5.76. The minimum atomic E-state index is -0.289. The van der Waals surface area contributed by atoms with Gasteiger partial charge in [-0.1, -0.05) is 41.9 Å². The van der Waals surface area contributed by atoms with Crippen molar-refractivity contribution in [3.05, 3.63) is 70.0 Å². The summed E-state index contributed by atoms with van der Waals surface area (Å²) in [6, 6.07) is 12.8. The quantitative estimate of drug-likeness (QED) is 0.655. The fourth-order valence-corrected chi connectivity index (χ4v) is 2.41. The van der Waals surface area contributed by atoms with Crippen LogP contribution in [0, 0.1) is 12.7 Å². The van der Waals surface area contributed by atoms with E-state index in [9.17, 15) is 4.39 Å². The number of hydrogen-bond acceptors (Lipinski definition) is 2. The van der Waals surface area contributed by atoms with Crippen LogP contribution in [0.1, 0.15) is 16.7 Å². The molecular formula is C16H18ClFN2. The van der Waals surface area contributed by atoms with E-state index in [0.29, 0.717) is 17.0 Å². The van der Waals surface area contributed by atoms with Crippen LogP contribution in [0.25, 0.3) is 0 Å². The molecule has 0 aliphatic rings. The average Bonchev–Trinajstić information content (AvgIpc) is 2.43. The van der Waals surface area contributed by atoms with Crippen LogP contribution in [-0.2, 0) is 12.8 Å². The molecule has 2 rings (SSSR count). The molecule has 2 aromatic rings. The summed E-state index contributed by atoms with van der Waals surface area (Å²) in [5, 5.41) is 0.405. The molecule has 1 atom stereocenters. The summed E-state index contributed by atoms with van der Waals surface area (Å²) < 4.78 is 13.8. The van der Waals surface area contributed by atoms with Crippen molar-refractivity contribution < 1.29 is 4.39 Å². The lowest BCUT2D eigenvalue weighted by atomic mass is 9.96. The van der Waals surface area contributed by atoms with Crippen molar-refractivity contribution in [2.24, 2.45) is 5.84 Å². The second-order valence-corrected chi connectivity index (χ2v) is 5.37. The van der Waals surface area contributed by atoms with Gasteiger partial charge in [-0.15, -0.1) is 0 Å². The van der Waals surface area contributed by atoms with E-state index in [2.05, 4.69) is 24.5 Å². The molecule has 0 bridgehead atoms. The Kier molecular flexibility index (Phi) is 5.12. The zero-order chi connectivity index (χ0) is 14.5. The van der Waals surface area contributed by atoms with E-state index in [1.165, 1.54) is 17.2 Å². The van der Waals surface area contributed by atoms with E-state index < -0.39 is 0 Å². The average molecular weight is 293 g/mol. The van der Waals surface area contributed by atoms with E-state index >= 15 is 0 Å². The van der Waals surface area contributed by atoms with Crippen LogP contribution in [-0.4, -0.2) is 6.04 Å². The lowest BCUT2D eigenvalue weighted by Gasteiger charge is -2.17. The minimum absolute atomic E-state index is 0.0215. The van der Waals surface area contributed by atoms with Gasteiger partial charge in [0.1, 0.15) is 5.82 Å². The molecule has 0 saturated heterocycles. The van der Waals surface area contributed by atoms with Gasteiger partial charge in [-0.2, -0.15) is 0 Å². The Morgan fingerprint density at radius 2 is 1.85 bits per heavy atom. The van der Waals surface area contributed by atoms with E-state index in [1.54, 1.807) is 12.1 Å². The van der Waals surface area contributed by atoms with Crippen molar-refractivity contribution in [3.8, 4) is 0 Å². The molecule has 0 aliphatic heterocycles. The third kappa shape index (κ3) is 3.79. The first kappa shape index (κ1) is 15.0. The highest BCUT2D eigenvalue weighted by molar-refractivity contribution is 6.30. The van der Waals surface area contributed by atoms with Crippen LogP contribution < -0.4 is 11.3 Å². The molecule has 1 unspecified atom stereocenters. The third-order valence-electron chi connectivity index (χ3n) is 3.44. The number of halogens is 2. The maximum atomic E-state index is 13.8. The zero-order valence-electron chi connectivity index (χ0n) is 11.4. The molecule has 0 amide bonds. The summed E-state index contributed by atoms with van der Waals surface area (Å²) in [5.74, 6) is 5.31. The summed E-state index contributed by atoms with van der Waals surface area (Å²) in [6.45, 7) is 2.06. The topological polar surface area (TPSA) is 38.0 Å². The number of hydrogen-bond donors (Lipinski definition) is 2. The maximum Gasteiger partial charge on any atom is 0.127 e. The van der Waals surface area contributed by atoms with Gasteiger partial charge in [0.25, 0.3) is 0 Å². The van der Waals surface area contributed by atoms with Crippen LogP contribution in [0.3, 0.4) is 0 Å². The predicted molar refractivity (Wildman–Crippen MR) is 81.1 cm³/mol. The second kappa shape index (κ2) is 6.84. The summed E-state index contributed by atoms with van der Waals surface area (Å²) in [6.07, 6.45) is 1.28. The predicted octanol–water partition coefficient (Wildman–Crippen LogP) is 3.40. The number of aryl methyl sites for hydroxylation is 1. The highest BCUT2D eigenvalue weighted by Gasteiger charge is 2.13. The fraction of sp³-hybridized carbons (Fsp3) is 0.250. The van der Waals surface area contributed by atoms with Crippen LogP contribution >= 0.6 is 11.6 Å². The maximum absolute atomic E-state index is 13.8. The summed E-state index contributed by atoms with van der Waals surface area (Å²) in [4.78, 5) is 0. The molecule has 0 aromatic heterocycles. The van der Waals surface area contributed by atoms with Crippen molar-refractivity contribution in [1.82, 2.24) is 5.43 Å².